The van der Waals surface area contributed by atoms with Crippen LogP contribution in [0.25, 0.3) is 0 Å². The molecule has 0 unspecified atom stereocenters. The summed E-state index contributed by atoms with van der Waals surface area (Å²) in [6.07, 6.45) is 3.21. The number of benzene rings is 1. The lowest BCUT2D eigenvalue weighted by Gasteiger charge is -2.26. The molecule has 2 amide bonds. The molecular weight excluding hydrogens is 468 g/mol. The predicted molar refractivity (Wildman–Crippen MR) is 145 cm³/mol. The quantitative estimate of drug-likeness (QED) is 0.444. The molecule has 0 aliphatic carbocycles. The number of aromatic nitrogens is 4. The van der Waals surface area contributed by atoms with Crippen molar-refractivity contribution in [3.63, 3.8) is 0 Å². The van der Waals surface area contributed by atoms with Gasteiger partial charge in [-0.05, 0) is 18.2 Å². The van der Waals surface area contributed by atoms with E-state index in [0.29, 0.717) is 22.9 Å². The van der Waals surface area contributed by atoms with Crippen LogP contribution in [-0.4, -0.2) is 70.1 Å². The highest BCUT2D eigenvalue weighted by molar-refractivity contribution is 5.99. The van der Waals surface area contributed by atoms with E-state index in [2.05, 4.69) is 68.5 Å². The number of amides is 2. The normalized spacial score (nSPS) is 13.9. The first-order chi connectivity index (χ1) is 17.8. The highest BCUT2D eigenvalue weighted by Gasteiger charge is 2.19. The number of urea groups is 1. The molecule has 3 aromatic rings. The highest BCUT2D eigenvalue weighted by atomic mass is 16.5. The van der Waals surface area contributed by atoms with Crippen LogP contribution in [0.1, 0.15) is 37.6 Å². The van der Waals surface area contributed by atoms with E-state index in [1.54, 1.807) is 17.9 Å². The number of nitrogens with zero attached hydrogens (tertiary/aromatic N) is 5. The van der Waals surface area contributed by atoms with Crippen LogP contribution in [0.2, 0.25) is 0 Å². The van der Waals surface area contributed by atoms with Gasteiger partial charge in [0.2, 0.25) is 0 Å². The molecule has 1 aromatic carbocycles. The van der Waals surface area contributed by atoms with Gasteiger partial charge in [0.05, 0.1) is 24.5 Å². The number of hydrogen-bond acceptors (Lipinski definition) is 7. The summed E-state index contributed by atoms with van der Waals surface area (Å²) in [6.45, 7) is 11.4. The second-order valence-corrected chi connectivity index (χ2v) is 9.86. The van der Waals surface area contributed by atoms with Crippen molar-refractivity contribution >= 4 is 23.4 Å². The van der Waals surface area contributed by atoms with Gasteiger partial charge in [0.1, 0.15) is 18.0 Å². The Bertz CT molecular complexity index is 1280. The Hall–Kier alpha value is -3.94. The van der Waals surface area contributed by atoms with Crippen LogP contribution in [0.15, 0.2) is 42.9 Å². The van der Waals surface area contributed by atoms with Gasteiger partial charge >= 0.3 is 6.03 Å². The molecule has 10 heteroatoms. The van der Waals surface area contributed by atoms with E-state index in [1.165, 1.54) is 6.33 Å². The molecule has 0 bridgehead atoms. The number of ether oxygens (including phenoxy) is 1. The summed E-state index contributed by atoms with van der Waals surface area (Å²) in [7, 11) is 1.81. The van der Waals surface area contributed by atoms with Crippen LogP contribution in [0, 0.1) is 11.8 Å². The monoisotopic (exact) mass is 502 g/mol. The molecule has 10 nitrogen and oxygen atoms in total. The molecular formula is C27H34N8O2. The van der Waals surface area contributed by atoms with Crippen molar-refractivity contribution in [3.05, 3.63) is 59.7 Å². The zero-order valence-electron chi connectivity index (χ0n) is 21.8. The lowest BCUT2D eigenvalue weighted by molar-refractivity contribution is 0.0398. The van der Waals surface area contributed by atoms with Gasteiger partial charge in [-0.1, -0.05) is 38.7 Å². The molecule has 0 spiro atoms. The molecule has 37 heavy (non-hydrogen) atoms. The number of carbonyl (C=O) groups is 1. The van der Waals surface area contributed by atoms with Crippen molar-refractivity contribution < 1.29 is 9.53 Å². The Morgan fingerprint density at radius 3 is 2.70 bits per heavy atom. The number of rotatable bonds is 6. The molecule has 3 N–H and O–H groups in total. The summed E-state index contributed by atoms with van der Waals surface area (Å²) in [5.41, 5.74) is 2.91. The number of hydrogen-bond donors (Lipinski definition) is 3. The maximum Gasteiger partial charge on any atom is 0.324 e. The topological polar surface area (TPSA) is 109 Å². The maximum absolute atomic E-state index is 12.6. The summed E-state index contributed by atoms with van der Waals surface area (Å²) < 4.78 is 7.06. The summed E-state index contributed by atoms with van der Waals surface area (Å²) >= 11 is 0. The molecule has 194 valence electrons. The first kappa shape index (κ1) is 26.1. The van der Waals surface area contributed by atoms with Gasteiger partial charge in [-0.25, -0.2) is 14.8 Å². The van der Waals surface area contributed by atoms with Crippen molar-refractivity contribution in [2.24, 2.45) is 7.05 Å². The molecule has 4 rings (SSSR count). The Labute approximate surface area is 217 Å². The number of nitrogens with one attached hydrogen (secondary N) is 3. The Morgan fingerprint density at radius 2 is 1.95 bits per heavy atom. The summed E-state index contributed by atoms with van der Waals surface area (Å²) in [5, 5.41) is 13.6. The van der Waals surface area contributed by atoms with Gasteiger partial charge in [-0.2, -0.15) is 5.10 Å². The zero-order valence-corrected chi connectivity index (χ0v) is 21.8. The molecule has 2 aromatic heterocycles. The van der Waals surface area contributed by atoms with Crippen LogP contribution < -0.4 is 16.0 Å². The number of anilines is 3. The number of morpholine rings is 1. The molecule has 0 saturated carbocycles. The number of carbonyl (C=O) groups excluding carboxylic acids is 1. The zero-order chi connectivity index (χ0) is 26.3. The van der Waals surface area contributed by atoms with E-state index in [1.807, 2.05) is 30.3 Å². The van der Waals surface area contributed by atoms with E-state index >= 15 is 0 Å². The van der Waals surface area contributed by atoms with Crippen LogP contribution in [0.5, 0.6) is 0 Å². The third-order valence-electron chi connectivity index (χ3n) is 5.89. The van der Waals surface area contributed by atoms with E-state index < -0.39 is 0 Å². The summed E-state index contributed by atoms with van der Waals surface area (Å²) in [4.78, 5) is 23.4. The van der Waals surface area contributed by atoms with Gasteiger partial charge in [0.15, 0.2) is 0 Å². The van der Waals surface area contributed by atoms with E-state index in [9.17, 15) is 4.79 Å². The fourth-order valence-electron chi connectivity index (χ4n) is 3.76. The van der Waals surface area contributed by atoms with Gasteiger partial charge in [0, 0.05) is 62.2 Å². The van der Waals surface area contributed by atoms with Crippen LogP contribution in [0.4, 0.5) is 22.1 Å². The standard InChI is InChI=1S/C27H34N8O2/c1-27(2,3)23-17-24(34(4)33-23)32-26(36)31-22-7-5-6-20(16-22)8-9-21-18-28-19-30-25(21)29-10-11-35-12-14-37-15-13-35/h5-7,16-19H,10-15H2,1-4H3,(H,28,29,30)(H2,31,32,36). The fourth-order valence-corrected chi connectivity index (χ4v) is 3.76. The minimum absolute atomic E-state index is 0.108. The Morgan fingerprint density at radius 1 is 1.14 bits per heavy atom. The molecule has 1 aliphatic rings. The molecule has 1 fully saturated rings. The van der Waals surface area contributed by atoms with Gasteiger partial charge in [-0.15, -0.1) is 0 Å². The SMILES string of the molecule is Cn1nc(C(C)(C)C)cc1NC(=O)Nc1cccc(C#Cc2cncnc2NCCN2CCOCC2)c1. The van der Waals surface area contributed by atoms with Crippen LogP contribution in [0.3, 0.4) is 0 Å². The molecule has 0 radical (unpaired) electrons. The maximum atomic E-state index is 12.6. The van der Waals surface area contributed by atoms with E-state index in [-0.39, 0.29) is 11.4 Å². The van der Waals surface area contributed by atoms with Crippen molar-refractivity contribution in [2.75, 3.05) is 55.3 Å². The second kappa shape index (κ2) is 11.9. The summed E-state index contributed by atoms with van der Waals surface area (Å²) in [5.74, 6) is 7.63. The summed E-state index contributed by atoms with van der Waals surface area (Å²) in [6, 6.07) is 8.92. The van der Waals surface area contributed by atoms with Crippen molar-refractivity contribution in [1.82, 2.24) is 24.6 Å². The third kappa shape index (κ3) is 7.52. The Kier molecular flexibility index (Phi) is 8.38. The molecule has 3 heterocycles. The predicted octanol–water partition coefficient (Wildman–Crippen LogP) is 3.30. The first-order valence-electron chi connectivity index (χ1n) is 12.4. The third-order valence-corrected chi connectivity index (χ3v) is 5.89. The van der Waals surface area contributed by atoms with Gasteiger partial charge in [0.25, 0.3) is 0 Å². The average Bonchev–Trinajstić information content (AvgIpc) is 3.25. The van der Waals surface area contributed by atoms with Crippen molar-refractivity contribution in [2.45, 2.75) is 26.2 Å². The molecule has 1 aliphatic heterocycles. The Balaban J connectivity index is 1.37. The van der Waals surface area contributed by atoms with Gasteiger partial charge < -0.3 is 15.4 Å². The second-order valence-electron chi connectivity index (χ2n) is 9.86. The minimum Gasteiger partial charge on any atom is -0.379 e. The smallest absolute Gasteiger partial charge is 0.324 e. The van der Waals surface area contributed by atoms with Crippen LogP contribution >= 0.6 is 0 Å². The lowest BCUT2D eigenvalue weighted by Crippen LogP contribution is -2.39. The number of aryl methyl sites for hydroxylation is 1. The van der Waals surface area contributed by atoms with Crippen molar-refractivity contribution in [3.8, 4) is 11.8 Å². The molecule has 1 saturated heterocycles. The van der Waals surface area contributed by atoms with E-state index in [0.717, 1.165) is 50.7 Å². The minimum atomic E-state index is -0.350. The fraction of sp³-hybridized carbons (Fsp3) is 0.407. The van der Waals surface area contributed by atoms with E-state index in [4.69, 9.17) is 4.74 Å². The van der Waals surface area contributed by atoms with Gasteiger partial charge in [-0.3, -0.25) is 14.9 Å². The largest absolute Gasteiger partial charge is 0.379 e. The van der Waals surface area contributed by atoms with Crippen LogP contribution in [-0.2, 0) is 17.2 Å². The first-order valence-corrected chi connectivity index (χ1v) is 12.4. The van der Waals surface area contributed by atoms with Crippen molar-refractivity contribution in [1.29, 1.82) is 0 Å². The highest BCUT2D eigenvalue weighted by Crippen LogP contribution is 2.23. The molecule has 0 atom stereocenters. The lowest BCUT2D eigenvalue weighted by atomic mass is 9.92. The average molecular weight is 503 g/mol.